The maximum atomic E-state index is 12.0. The van der Waals surface area contributed by atoms with Gasteiger partial charge in [0.25, 0.3) is 5.56 Å². The highest BCUT2D eigenvalue weighted by Gasteiger charge is 2.12. The molecular weight excluding hydrogens is 308 g/mol. The lowest BCUT2D eigenvalue weighted by Crippen LogP contribution is -2.31. The number of nitrogens with zero attached hydrogens (tertiary/aromatic N) is 3. The number of halogens is 1. The average molecular weight is 321 g/mol. The van der Waals surface area contributed by atoms with E-state index in [1.165, 1.54) is 4.68 Å². The third kappa shape index (κ3) is 2.74. The minimum Gasteiger partial charge on any atom is -0.312 e. The predicted molar refractivity (Wildman–Crippen MR) is 74.9 cm³/mol. The molecule has 3 rings (SSSR count). The van der Waals surface area contributed by atoms with Gasteiger partial charge in [0.1, 0.15) is 0 Å². The molecule has 0 aromatic carbocycles. The number of hydrogen-bond donors (Lipinski definition) is 1. The molecule has 98 valence electrons. The van der Waals surface area contributed by atoms with Crippen molar-refractivity contribution < 1.29 is 0 Å². The molecule has 2 aromatic heterocycles. The molecule has 0 bridgehead atoms. The smallest absolute Gasteiger partial charge is 0.267 e. The molecule has 0 fully saturated rings. The summed E-state index contributed by atoms with van der Waals surface area (Å²) >= 11 is 3.38. The summed E-state index contributed by atoms with van der Waals surface area (Å²) in [6, 6.07) is 3.63. The first-order valence-corrected chi connectivity index (χ1v) is 6.92. The molecule has 0 saturated heterocycles. The van der Waals surface area contributed by atoms with E-state index in [0.29, 0.717) is 6.54 Å². The minimum atomic E-state index is -0.0672. The topological polar surface area (TPSA) is 59.8 Å². The zero-order valence-electron chi connectivity index (χ0n) is 10.3. The van der Waals surface area contributed by atoms with Crippen LogP contribution in [0.1, 0.15) is 16.8 Å². The highest BCUT2D eigenvalue weighted by molar-refractivity contribution is 9.10. The molecule has 3 heterocycles. The zero-order valence-corrected chi connectivity index (χ0v) is 11.9. The summed E-state index contributed by atoms with van der Waals surface area (Å²) in [7, 11) is 0. The summed E-state index contributed by atoms with van der Waals surface area (Å²) in [6.07, 6.45) is 4.34. The van der Waals surface area contributed by atoms with E-state index in [2.05, 4.69) is 31.3 Å². The van der Waals surface area contributed by atoms with Crippen molar-refractivity contribution in [2.24, 2.45) is 0 Å². The normalized spacial score (nSPS) is 14.2. The Kier molecular flexibility index (Phi) is 3.44. The summed E-state index contributed by atoms with van der Waals surface area (Å²) in [6.45, 7) is 2.10. The van der Waals surface area contributed by atoms with Crippen LogP contribution in [0.15, 0.2) is 33.8 Å². The second-order valence-electron chi connectivity index (χ2n) is 4.55. The van der Waals surface area contributed by atoms with Crippen LogP contribution in [0.3, 0.4) is 0 Å². The summed E-state index contributed by atoms with van der Waals surface area (Å²) in [5, 5.41) is 7.70. The molecule has 19 heavy (non-hydrogen) atoms. The average Bonchev–Trinajstić information content (AvgIpc) is 2.40. The van der Waals surface area contributed by atoms with Gasteiger partial charge in [-0.15, -0.1) is 0 Å². The lowest BCUT2D eigenvalue weighted by Gasteiger charge is -2.17. The predicted octanol–water partition coefficient (Wildman–Crippen LogP) is 1.09. The molecule has 0 spiro atoms. The Bertz CT molecular complexity index is 668. The van der Waals surface area contributed by atoms with Gasteiger partial charge < -0.3 is 5.32 Å². The number of rotatable bonds is 2. The maximum absolute atomic E-state index is 12.0. The van der Waals surface area contributed by atoms with Gasteiger partial charge in [-0.25, -0.2) is 4.68 Å². The van der Waals surface area contributed by atoms with Crippen LogP contribution in [0.25, 0.3) is 0 Å². The Balaban J connectivity index is 1.95. The van der Waals surface area contributed by atoms with Crippen LogP contribution in [0.4, 0.5) is 0 Å². The van der Waals surface area contributed by atoms with E-state index in [-0.39, 0.29) is 5.56 Å². The minimum absolute atomic E-state index is 0.0672. The highest BCUT2D eigenvalue weighted by Crippen LogP contribution is 2.11. The zero-order chi connectivity index (χ0) is 13.2. The molecule has 1 N–H and O–H groups in total. The molecule has 2 aromatic rings. The first-order valence-electron chi connectivity index (χ1n) is 6.12. The fraction of sp³-hybridized carbons (Fsp3) is 0.308. The van der Waals surface area contributed by atoms with Crippen molar-refractivity contribution >= 4 is 15.9 Å². The van der Waals surface area contributed by atoms with E-state index < -0.39 is 0 Å². The van der Waals surface area contributed by atoms with Crippen LogP contribution in [0, 0.1) is 0 Å². The third-order valence-corrected chi connectivity index (χ3v) is 3.55. The summed E-state index contributed by atoms with van der Waals surface area (Å²) in [4.78, 5) is 16.1. The molecule has 6 heteroatoms. The Morgan fingerprint density at radius 1 is 1.37 bits per heavy atom. The molecule has 0 atom stereocenters. The number of hydrogen-bond acceptors (Lipinski definition) is 4. The molecular formula is C13H13BrN4O. The molecule has 5 nitrogen and oxygen atoms in total. The van der Waals surface area contributed by atoms with Gasteiger partial charge >= 0.3 is 0 Å². The largest absolute Gasteiger partial charge is 0.312 e. The van der Waals surface area contributed by atoms with Crippen molar-refractivity contribution in [1.82, 2.24) is 20.1 Å². The van der Waals surface area contributed by atoms with E-state index in [4.69, 9.17) is 0 Å². The van der Waals surface area contributed by atoms with Gasteiger partial charge in [-0.1, -0.05) is 0 Å². The quantitative estimate of drug-likeness (QED) is 0.900. The van der Waals surface area contributed by atoms with Crippen LogP contribution in [-0.4, -0.2) is 21.3 Å². The van der Waals surface area contributed by atoms with E-state index in [1.807, 2.05) is 6.07 Å². The van der Waals surface area contributed by atoms with E-state index >= 15 is 0 Å². The van der Waals surface area contributed by atoms with Crippen molar-refractivity contribution in [3.05, 3.63) is 56.2 Å². The van der Waals surface area contributed by atoms with Gasteiger partial charge in [0.05, 0.1) is 12.2 Å². The van der Waals surface area contributed by atoms with Gasteiger partial charge in [0.2, 0.25) is 0 Å². The second-order valence-corrected chi connectivity index (χ2v) is 5.47. The SMILES string of the molecule is O=c1cc2c(nn1Cc1cncc(Br)c1)CCNC2. The summed E-state index contributed by atoms with van der Waals surface area (Å²) in [5.41, 5.74) is 2.92. The van der Waals surface area contributed by atoms with Gasteiger partial charge in [-0.05, 0) is 33.1 Å². The van der Waals surface area contributed by atoms with Crippen LogP contribution >= 0.6 is 15.9 Å². The maximum Gasteiger partial charge on any atom is 0.267 e. The standard InChI is InChI=1S/C13H13BrN4O/c14-11-3-9(5-16-7-11)8-18-13(19)4-10-6-15-2-1-12(10)17-18/h3-5,7,15H,1-2,6,8H2. The Hall–Kier alpha value is -1.53. The molecule has 1 aliphatic heterocycles. The van der Waals surface area contributed by atoms with Crippen LogP contribution < -0.4 is 10.9 Å². The van der Waals surface area contributed by atoms with Crippen molar-refractivity contribution in [3.8, 4) is 0 Å². The van der Waals surface area contributed by atoms with Crippen molar-refractivity contribution in [2.75, 3.05) is 6.54 Å². The molecule has 0 aliphatic carbocycles. The van der Waals surface area contributed by atoms with Crippen LogP contribution in [0.5, 0.6) is 0 Å². The lowest BCUT2D eigenvalue weighted by atomic mass is 10.1. The van der Waals surface area contributed by atoms with Gasteiger partial charge in [-0.3, -0.25) is 9.78 Å². The van der Waals surface area contributed by atoms with Crippen molar-refractivity contribution in [3.63, 3.8) is 0 Å². The lowest BCUT2D eigenvalue weighted by molar-refractivity contribution is 0.562. The summed E-state index contributed by atoms with van der Waals surface area (Å²) < 4.78 is 2.41. The van der Waals surface area contributed by atoms with Gasteiger partial charge in [0, 0.05) is 42.4 Å². The number of nitrogens with one attached hydrogen (secondary N) is 1. The number of fused-ring (bicyclic) bond motifs is 1. The third-order valence-electron chi connectivity index (χ3n) is 3.11. The Labute approximate surface area is 118 Å². The monoisotopic (exact) mass is 320 g/mol. The number of pyridine rings is 1. The molecule has 1 aliphatic rings. The first-order chi connectivity index (χ1) is 9.22. The highest BCUT2D eigenvalue weighted by atomic mass is 79.9. The van der Waals surface area contributed by atoms with Crippen molar-refractivity contribution in [2.45, 2.75) is 19.5 Å². The van der Waals surface area contributed by atoms with Crippen molar-refractivity contribution in [1.29, 1.82) is 0 Å². The fourth-order valence-electron chi connectivity index (χ4n) is 2.19. The molecule has 0 amide bonds. The fourth-order valence-corrected chi connectivity index (χ4v) is 2.60. The van der Waals surface area contributed by atoms with E-state index in [1.54, 1.807) is 18.5 Å². The van der Waals surface area contributed by atoms with Gasteiger partial charge in [0.15, 0.2) is 0 Å². The second kappa shape index (κ2) is 5.22. The van der Waals surface area contributed by atoms with Crippen LogP contribution in [0.2, 0.25) is 0 Å². The molecule has 0 saturated carbocycles. The molecule has 0 unspecified atom stereocenters. The molecule has 0 radical (unpaired) electrons. The Morgan fingerprint density at radius 2 is 2.26 bits per heavy atom. The number of aromatic nitrogens is 3. The van der Waals surface area contributed by atoms with E-state index in [0.717, 1.165) is 40.8 Å². The van der Waals surface area contributed by atoms with E-state index in [9.17, 15) is 4.79 Å². The van der Waals surface area contributed by atoms with Crippen LogP contribution in [-0.2, 0) is 19.5 Å². The Morgan fingerprint density at radius 3 is 3.11 bits per heavy atom. The van der Waals surface area contributed by atoms with Gasteiger partial charge in [-0.2, -0.15) is 5.10 Å². The first kappa shape index (κ1) is 12.5. The summed E-state index contributed by atoms with van der Waals surface area (Å²) in [5.74, 6) is 0.